The molecule has 34 heavy (non-hydrogen) atoms. The van der Waals surface area contributed by atoms with Crippen LogP contribution in [0.1, 0.15) is 56.2 Å². The van der Waals surface area contributed by atoms with E-state index in [0.29, 0.717) is 0 Å². The summed E-state index contributed by atoms with van der Waals surface area (Å²) in [5.74, 6) is -0.531. The van der Waals surface area contributed by atoms with E-state index in [0.717, 1.165) is 46.1 Å². The van der Waals surface area contributed by atoms with Crippen LogP contribution in [0, 0.1) is 16.2 Å². The standard InChI is InChI=1S/C28H32N4OS/c1-4-5-9-20-12-14-21(15-13-20)24-17-16-23(18-31-24)25(22-10-7-6-8-11-22)28(2,3)26(33)32-27(30)34-19-29/h6-8,10-19,25,29H,4-5,9H2,1-3H3,(H2,30,32,33). The Kier molecular flexibility index (Phi) is 8.77. The maximum Gasteiger partial charge on any atom is 0.232 e. The average Bonchev–Trinajstić information content (AvgIpc) is 2.84. The molecule has 1 atom stereocenters. The normalized spacial score (nSPS) is 12.1. The molecule has 0 radical (unpaired) electrons. The molecule has 3 N–H and O–H groups in total. The number of amides is 1. The molecule has 0 aliphatic heterocycles. The molecule has 1 aromatic heterocycles. The number of pyridine rings is 1. The number of benzene rings is 2. The molecule has 0 bridgehead atoms. The number of hydrogen-bond donors (Lipinski definition) is 3. The van der Waals surface area contributed by atoms with Gasteiger partial charge in [-0.05, 0) is 47.4 Å². The minimum absolute atomic E-state index is 0.0595. The number of aromatic nitrogens is 1. The summed E-state index contributed by atoms with van der Waals surface area (Å²) in [4.78, 5) is 17.9. The van der Waals surface area contributed by atoms with Crippen molar-refractivity contribution in [2.45, 2.75) is 46.0 Å². The third kappa shape index (κ3) is 6.20. The van der Waals surface area contributed by atoms with Gasteiger partial charge in [0, 0.05) is 17.7 Å². The topological polar surface area (TPSA) is 89.7 Å². The van der Waals surface area contributed by atoms with Gasteiger partial charge in [0.25, 0.3) is 0 Å². The van der Waals surface area contributed by atoms with Gasteiger partial charge in [-0.15, -0.1) is 0 Å². The van der Waals surface area contributed by atoms with Crippen LogP contribution >= 0.6 is 11.8 Å². The molecular formula is C28H32N4OS. The van der Waals surface area contributed by atoms with Crippen molar-refractivity contribution >= 4 is 28.4 Å². The van der Waals surface area contributed by atoms with Gasteiger partial charge in [-0.25, -0.2) is 0 Å². The van der Waals surface area contributed by atoms with E-state index < -0.39 is 5.41 Å². The Hall–Kier alpha value is -3.25. The van der Waals surface area contributed by atoms with Crippen LogP contribution in [-0.2, 0) is 11.2 Å². The third-order valence-electron chi connectivity index (χ3n) is 6.03. The van der Waals surface area contributed by atoms with Crippen molar-refractivity contribution in [1.82, 2.24) is 10.3 Å². The first kappa shape index (κ1) is 25.4. The van der Waals surface area contributed by atoms with Crippen molar-refractivity contribution in [1.29, 1.82) is 10.8 Å². The average molecular weight is 473 g/mol. The molecule has 0 aliphatic rings. The van der Waals surface area contributed by atoms with Crippen LogP contribution in [0.2, 0.25) is 0 Å². The van der Waals surface area contributed by atoms with Crippen molar-refractivity contribution < 1.29 is 4.79 Å². The second-order valence-electron chi connectivity index (χ2n) is 8.86. The van der Waals surface area contributed by atoms with Gasteiger partial charge in [-0.3, -0.25) is 15.2 Å². The van der Waals surface area contributed by atoms with Crippen LogP contribution in [0.15, 0.2) is 72.9 Å². The van der Waals surface area contributed by atoms with Gasteiger partial charge in [0.2, 0.25) is 5.91 Å². The quantitative estimate of drug-likeness (QED) is 0.241. The van der Waals surface area contributed by atoms with Gasteiger partial charge in [-0.1, -0.05) is 87.9 Å². The number of nitrogens with one attached hydrogen (secondary N) is 3. The number of rotatable bonds is 9. The predicted molar refractivity (Wildman–Crippen MR) is 143 cm³/mol. The van der Waals surface area contributed by atoms with Crippen LogP contribution in [0.5, 0.6) is 0 Å². The fourth-order valence-corrected chi connectivity index (χ4v) is 4.39. The Morgan fingerprint density at radius 3 is 2.35 bits per heavy atom. The van der Waals surface area contributed by atoms with Gasteiger partial charge in [0.05, 0.1) is 16.7 Å². The Bertz CT molecular complexity index is 1110. The first-order chi connectivity index (χ1) is 16.4. The smallest absolute Gasteiger partial charge is 0.232 e. The van der Waals surface area contributed by atoms with Gasteiger partial charge >= 0.3 is 0 Å². The Labute approximate surface area is 206 Å². The van der Waals surface area contributed by atoms with E-state index >= 15 is 0 Å². The van der Waals surface area contributed by atoms with E-state index in [2.05, 4.69) is 36.5 Å². The van der Waals surface area contributed by atoms with Crippen molar-refractivity contribution in [3.05, 3.63) is 89.6 Å². The Morgan fingerprint density at radius 2 is 1.76 bits per heavy atom. The van der Waals surface area contributed by atoms with E-state index in [1.54, 1.807) is 0 Å². The molecule has 0 spiro atoms. The molecule has 6 heteroatoms. The van der Waals surface area contributed by atoms with Crippen molar-refractivity contribution in [3.63, 3.8) is 0 Å². The highest BCUT2D eigenvalue weighted by atomic mass is 32.2. The summed E-state index contributed by atoms with van der Waals surface area (Å²) in [5, 5.41) is 17.6. The zero-order valence-electron chi connectivity index (χ0n) is 20.0. The first-order valence-electron chi connectivity index (χ1n) is 11.5. The lowest BCUT2D eigenvalue weighted by Gasteiger charge is -2.33. The highest BCUT2D eigenvalue weighted by Gasteiger charge is 2.39. The maximum atomic E-state index is 13.2. The van der Waals surface area contributed by atoms with Crippen molar-refractivity contribution in [2.24, 2.45) is 5.41 Å². The van der Waals surface area contributed by atoms with Gasteiger partial charge in [0.15, 0.2) is 5.17 Å². The monoisotopic (exact) mass is 472 g/mol. The van der Waals surface area contributed by atoms with Crippen LogP contribution in [0.4, 0.5) is 0 Å². The summed E-state index contributed by atoms with van der Waals surface area (Å²) in [7, 11) is 0. The van der Waals surface area contributed by atoms with Crippen LogP contribution in [0.3, 0.4) is 0 Å². The van der Waals surface area contributed by atoms with Crippen molar-refractivity contribution in [3.8, 4) is 11.3 Å². The zero-order chi connectivity index (χ0) is 24.6. The lowest BCUT2D eigenvalue weighted by molar-refractivity contribution is -0.128. The second-order valence-corrected chi connectivity index (χ2v) is 9.74. The van der Waals surface area contributed by atoms with Crippen LogP contribution < -0.4 is 5.32 Å². The molecule has 5 nitrogen and oxygen atoms in total. The molecule has 0 aliphatic carbocycles. The largest absolute Gasteiger partial charge is 0.305 e. The highest BCUT2D eigenvalue weighted by molar-refractivity contribution is 8.24. The second kappa shape index (κ2) is 11.7. The number of aryl methyl sites for hydroxylation is 1. The van der Waals surface area contributed by atoms with Gasteiger partial charge in [0.1, 0.15) is 0 Å². The summed E-state index contributed by atoms with van der Waals surface area (Å²) >= 11 is 0.864. The summed E-state index contributed by atoms with van der Waals surface area (Å²) in [5.41, 5.74) is 5.40. The Morgan fingerprint density at radius 1 is 1.06 bits per heavy atom. The maximum absolute atomic E-state index is 13.2. The lowest BCUT2D eigenvalue weighted by Crippen LogP contribution is -2.43. The highest BCUT2D eigenvalue weighted by Crippen LogP contribution is 2.41. The molecule has 3 rings (SSSR count). The SMILES string of the molecule is CCCCc1ccc(-c2ccc(C(c3ccccc3)C(C)(C)C(=O)NC(=N)SC=N)cn2)cc1. The number of amidine groups is 1. The van der Waals surface area contributed by atoms with E-state index in [4.69, 9.17) is 15.8 Å². The molecule has 0 fully saturated rings. The molecule has 0 saturated carbocycles. The van der Waals surface area contributed by atoms with Crippen LogP contribution in [-0.4, -0.2) is 21.6 Å². The molecule has 2 aromatic carbocycles. The number of thioether (sulfide) groups is 1. The summed E-state index contributed by atoms with van der Waals surface area (Å²) in [6.07, 6.45) is 5.32. The predicted octanol–water partition coefficient (Wildman–Crippen LogP) is 6.64. The summed E-state index contributed by atoms with van der Waals surface area (Å²) in [6, 6.07) is 22.5. The van der Waals surface area contributed by atoms with E-state index in [-0.39, 0.29) is 17.0 Å². The minimum Gasteiger partial charge on any atom is -0.305 e. The fraction of sp³-hybridized carbons (Fsp3) is 0.286. The number of carbonyl (C=O) groups is 1. The lowest BCUT2D eigenvalue weighted by atomic mass is 9.71. The summed E-state index contributed by atoms with van der Waals surface area (Å²) in [6.45, 7) is 5.96. The van der Waals surface area contributed by atoms with Gasteiger partial charge < -0.3 is 10.7 Å². The number of nitrogens with zero attached hydrogens (tertiary/aromatic N) is 1. The van der Waals surface area contributed by atoms with E-state index in [1.807, 2.05) is 62.5 Å². The van der Waals surface area contributed by atoms with Crippen LogP contribution in [0.25, 0.3) is 11.3 Å². The molecular weight excluding hydrogens is 440 g/mol. The molecule has 176 valence electrons. The van der Waals surface area contributed by atoms with E-state index in [9.17, 15) is 4.79 Å². The number of carbonyl (C=O) groups excluding carboxylic acids is 1. The molecule has 1 amide bonds. The van der Waals surface area contributed by atoms with Crippen molar-refractivity contribution in [2.75, 3.05) is 0 Å². The molecule has 1 heterocycles. The first-order valence-corrected chi connectivity index (χ1v) is 12.4. The number of unbranched alkanes of at least 4 members (excludes halogenated alkanes) is 1. The molecule has 1 unspecified atom stereocenters. The van der Waals surface area contributed by atoms with Gasteiger partial charge in [-0.2, -0.15) is 0 Å². The zero-order valence-corrected chi connectivity index (χ0v) is 20.8. The fourth-order valence-electron chi connectivity index (χ4n) is 4.12. The summed E-state index contributed by atoms with van der Waals surface area (Å²) < 4.78 is 0. The number of hydrogen-bond acceptors (Lipinski definition) is 5. The Balaban J connectivity index is 1.91. The third-order valence-corrected chi connectivity index (χ3v) is 6.49. The minimum atomic E-state index is -0.861. The molecule has 0 saturated heterocycles. The van der Waals surface area contributed by atoms with E-state index in [1.165, 1.54) is 18.4 Å². The molecule has 3 aromatic rings.